The summed E-state index contributed by atoms with van der Waals surface area (Å²) >= 11 is 0. The molecule has 0 unspecified atom stereocenters. The number of hydrogen-bond acceptors (Lipinski definition) is 4. The van der Waals surface area contributed by atoms with Crippen LogP contribution in [0.4, 0.5) is 11.4 Å². The minimum Gasteiger partial charge on any atom is -0.339 e. The fourth-order valence-electron chi connectivity index (χ4n) is 4.23. The van der Waals surface area contributed by atoms with Crippen molar-refractivity contribution in [3.05, 3.63) is 89.5 Å². The number of rotatable bonds is 7. The van der Waals surface area contributed by atoms with Crippen LogP contribution >= 0.6 is 0 Å². The largest absolute Gasteiger partial charge is 0.339 e. The van der Waals surface area contributed by atoms with Crippen LogP contribution in [0.2, 0.25) is 0 Å². The van der Waals surface area contributed by atoms with Gasteiger partial charge in [0.05, 0.1) is 21.8 Å². The topological polar surface area (TPSA) is 86.8 Å². The molecule has 2 amide bonds. The van der Waals surface area contributed by atoms with E-state index in [1.54, 1.807) is 65.6 Å². The van der Waals surface area contributed by atoms with Gasteiger partial charge in [0.1, 0.15) is 6.54 Å². The first-order valence-electron chi connectivity index (χ1n) is 12.1. The Hall–Kier alpha value is -3.65. The number of nitrogens with zero attached hydrogens (tertiary/aromatic N) is 2. The number of benzene rings is 3. The highest BCUT2D eigenvalue weighted by atomic mass is 32.2. The van der Waals surface area contributed by atoms with Gasteiger partial charge in [-0.25, -0.2) is 8.42 Å². The van der Waals surface area contributed by atoms with Gasteiger partial charge in [-0.05, 0) is 69.5 Å². The number of carbonyl (C=O) groups is 2. The minimum atomic E-state index is -4.02. The molecular weight excluding hydrogens is 474 g/mol. The molecule has 1 aliphatic heterocycles. The number of anilines is 2. The number of hydrogen-bond donors (Lipinski definition) is 1. The van der Waals surface area contributed by atoms with Crippen molar-refractivity contribution in [2.75, 3.05) is 29.3 Å². The van der Waals surface area contributed by atoms with Crippen LogP contribution in [-0.2, 0) is 14.8 Å². The molecule has 4 rings (SSSR count). The van der Waals surface area contributed by atoms with Crippen LogP contribution in [0.5, 0.6) is 0 Å². The smallest absolute Gasteiger partial charge is 0.264 e. The van der Waals surface area contributed by atoms with Gasteiger partial charge in [-0.2, -0.15) is 0 Å². The van der Waals surface area contributed by atoms with Crippen LogP contribution in [0, 0.1) is 13.8 Å². The van der Waals surface area contributed by atoms with E-state index >= 15 is 0 Å². The van der Waals surface area contributed by atoms with E-state index in [9.17, 15) is 18.0 Å². The van der Waals surface area contributed by atoms with Crippen molar-refractivity contribution < 1.29 is 18.0 Å². The standard InChI is InChI=1S/C28H31N3O4S/c1-21-10-14-23(15-11-21)31(36(34,35)24-16-12-22(2)13-17-24)20-27(32)29-26-9-5-4-8-25(26)28(33)30-18-6-3-7-19-30/h4-5,8-17H,3,6-7,18-20H2,1-2H3,(H,29,32). The van der Waals surface area contributed by atoms with Gasteiger partial charge in [0.25, 0.3) is 15.9 Å². The molecule has 1 N–H and O–H groups in total. The van der Waals surface area contributed by atoms with Gasteiger partial charge in [0, 0.05) is 13.1 Å². The van der Waals surface area contributed by atoms with Crippen LogP contribution in [0.3, 0.4) is 0 Å². The Balaban J connectivity index is 1.61. The van der Waals surface area contributed by atoms with Gasteiger partial charge < -0.3 is 10.2 Å². The van der Waals surface area contributed by atoms with Gasteiger partial charge >= 0.3 is 0 Å². The van der Waals surface area contributed by atoms with Gasteiger partial charge in [0.15, 0.2) is 0 Å². The summed E-state index contributed by atoms with van der Waals surface area (Å²) in [7, 11) is -4.02. The van der Waals surface area contributed by atoms with E-state index in [-0.39, 0.29) is 10.8 Å². The molecule has 8 heteroatoms. The zero-order chi connectivity index (χ0) is 25.7. The lowest BCUT2D eigenvalue weighted by molar-refractivity contribution is -0.114. The average Bonchev–Trinajstić information content (AvgIpc) is 2.88. The fraction of sp³-hybridized carbons (Fsp3) is 0.286. The lowest BCUT2D eigenvalue weighted by Gasteiger charge is -2.28. The van der Waals surface area contributed by atoms with Crippen molar-refractivity contribution in [1.82, 2.24) is 4.90 Å². The maximum absolute atomic E-state index is 13.6. The van der Waals surface area contributed by atoms with Crippen molar-refractivity contribution in [1.29, 1.82) is 0 Å². The highest BCUT2D eigenvalue weighted by Crippen LogP contribution is 2.25. The molecule has 0 aromatic heterocycles. The Bertz CT molecular complexity index is 1330. The number of carbonyl (C=O) groups excluding carboxylic acids is 2. The van der Waals surface area contributed by atoms with Crippen LogP contribution in [0.25, 0.3) is 0 Å². The van der Waals surface area contributed by atoms with Crippen molar-refractivity contribution in [3.63, 3.8) is 0 Å². The van der Waals surface area contributed by atoms with Gasteiger partial charge in [-0.15, -0.1) is 0 Å². The molecule has 0 atom stereocenters. The van der Waals surface area contributed by atoms with E-state index in [1.165, 1.54) is 12.1 Å². The fourth-order valence-corrected chi connectivity index (χ4v) is 5.65. The van der Waals surface area contributed by atoms with Crippen molar-refractivity contribution in [2.45, 2.75) is 38.0 Å². The van der Waals surface area contributed by atoms with Gasteiger partial charge in [-0.1, -0.05) is 47.5 Å². The molecule has 36 heavy (non-hydrogen) atoms. The maximum Gasteiger partial charge on any atom is 0.264 e. The highest BCUT2D eigenvalue weighted by Gasteiger charge is 2.28. The Morgan fingerprint density at radius 1 is 0.833 bits per heavy atom. The Morgan fingerprint density at radius 2 is 1.42 bits per heavy atom. The monoisotopic (exact) mass is 505 g/mol. The van der Waals surface area contributed by atoms with E-state index in [1.807, 2.05) is 13.8 Å². The first-order valence-corrected chi connectivity index (χ1v) is 13.5. The quantitative estimate of drug-likeness (QED) is 0.501. The molecule has 1 saturated heterocycles. The number of sulfonamides is 1. The Labute approximate surface area is 212 Å². The summed E-state index contributed by atoms with van der Waals surface area (Å²) < 4.78 is 28.3. The predicted octanol–water partition coefficient (Wildman–Crippen LogP) is 4.76. The molecule has 3 aromatic rings. The summed E-state index contributed by atoms with van der Waals surface area (Å²) in [4.78, 5) is 28.2. The summed E-state index contributed by atoms with van der Waals surface area (Å²) in [6, 6.07) is 20.3. The number of para-hydroxylation sites is 1. The summed E-state index contributed by atoms with van der Waals surface area (Å²) in [5.74, 6) is -0.668. The van der Waals surface area contributed by atoms with E-state index in [0.717, 1.165) is 34.7 Å². The predicted molar refractivity (Wildman–Crippen MR) is 142 cm³/mol. The third kappa shape index (κ3) is 5.76. The molecule has 0 bridgehead atoms. The maximum atomic E-state index is 13.6. The highest BCUT2D eigenvalue weighted by molar-refractivity contribution is 7.92. The second-order valence-corrected chi connectivity index (χ2v) is 11.0. The molecule has 0 radical (unpaired) electrons. The molecule has 7 nitrogen and oxygen atoms in total. The third-order valence-corrected chi connectivity index (χ3v) is 8.08. The zero-order valence-corrected chi connectivity index (χ0v) is 21.4. The van der Waals surface area contributed by atoms with Crippen molar-refractivity contribution in [2.24, 2.45) is 0 Å². The number of aryl methyl sites for hydroxylation is 2. The normalized spacial score (nSPS) is 13.8. The van der Waals surface area contributed by atoms with Gasteiger partial charge in [0.2, 0.25) is 5.91 Å². The Morgan fingerprint density at radius 3 is 2.06 bits per heavy atom. The van der Waals surface area contributed by atoms with E-state index in [0.29, 0.717) is 30.0 Å². The summed E-state index contributed by atoms with van der Waals surface area (Å²) in [5.41, 5.74) is 3.06. The van der Waals surface area contributed by atoms with Crippen LogP contribution < -0.4 is 9.62 Å². The lowest BCUT2D eigenvalue weighted by atomic mass is 10.1. The lowest BCUT2D eigenvalue weighted by Crippen LogP contribution is -2.39. The van der Waals surface area contributed by atoms with Crippen LogP contribution in [0.15, 0.2) is 77.7 Å². The van der Waals surface area contributed by atoms with E-state index in [2.05, 4.69) is 5.32 Å². The molecule has 1 aliphatic rings. The second-order valence-electron chi connectivity index (χ2n) is 9.11. The van der Waals surface area contributed by atoms with Crippen LogP contribution in [0.1, 0.15) is 40.7 Å². The number of amides is 2. The summed E-state index contributed by atoms with van der Waals surface area (Å²) in [5, 5.41) is 2.78. The number of nitrogens with one attached hydrogen (secondary N) is 1. The molecular formula is C28H31N3O4S. The average molecular weight is 506 g/mol. The zero-order valence-electron chi connectivity index (χ0n) is 20.6. The molecule has 1 heterocycles. The van der Waals surface area contributed by atoms with E-state index < -0.39 is 22.5 Å². The first kappa shape index (κ1) is 25.4. The summed E-state index contributed by atoms with van der Waals surface area (Å²) in [6.07, 6.45) is 3.03. The molecule has 0 aliphatic carbocycles. The summed E-state index contributed by atoms with van der Waals surface area (Å²) in [6.45, 7) is 4.73. The van der Waals surface area contributed by atoms with Crippen LogP contribution in [-0.4, -0.2) is 44.8 Å². The first-order chi connectivity index (χ1) is 17.3. The Kier molecular flexibility index (Phi) is 7.74. The second kappa shape index (κ2) is 11.0. The molecule has 1 fully saturated rings. The molecule has 188 valence electrons. The SMILES string of the molecule is Cc1ccc(N(CC(=O)Nc2ccccc2C(=O)N2CCCCC2)S(=O)(=O)c2ccc(C)cc2)cc1. The number of piperidine rings is 1. The minimum absolute atomic E-state index is 0.0992. The van der Waals surface area contributed by atoms with Crippen molar-refractivity contribution >= 4 is 33.2 Å². The molecule has 0 saturated carbocycles. The van der Waals surface area contributed by atoms with E-state index in [4.69, 9.17) is 0 Å². The molecule has 3 aromatic carbocycles. The van der Waals surface area contributed by atoms with Crippen molar-refractivity contribution in [3.8, 4) is 0 Å². The molecule has 0 spiro atoms. The third-order valence-electron chi connectivity index (χ3n) is 6.29. The van der Waals surface area contributed by atoms with Gasteiger partial charge in [-0.3, -0.25) is 13.9 Å². The number of likely N-dealkylation sites (tertiary alicyclic amines) is 1.